The number of hydrogen-bond donors (Lipinski definition) is 3. The van der Waals surface area contributed by atoms with Crippen LogP contribution in [-0.4, -0.2) is 48.1 Å². The summed E-state index contributed by atoms with van der Waals surface area (Å²) in [5, 5.41) is 13.8. The van der Waals surface area contributed by atoms with Crippen molar-refractivity contribution in [2.45, 2.75) is 6.92 Å². The van der Waals surface area contributed by atoms with Crippen molar-refractivity contribution in [2.75, 3.05) is 25.5 Å². The van der Waals surface area contributed by atoms with Crippen molar-refractivity contribution in [2.24, 2.45) is 5.92 Å². The molecule has 1 aromatic carbocycles. The normalized spacial score (nSPS) is 11.3. The van der Waals surface area contributed by atoms with Gasteiger partial charge in [0, 0.05) is 19.3 Å². The van der Waals surface area contributed by atoms with Crippen molar-refractivity contribution in [3.05, 3.63) is 30.3 Å². The molecule has 1 rings (SSSR count). The molecule has 1 aromatic rings. The zero-order chi connectivity index (χ0) is 15.8. The summed E-state index contributed by atoms with van der Waals surface area (Å²) in [5.74, 6) is -1.98. The molecule has 7 nitrogen and oxygen atoms in total. The summed E-state index contributed by atoms with van der Waals surface area (Å²) in [5.41, 5.74) is 0.621. The third kappa shape index (κ3) is 5.94. The number of nitrogens with one attached hydrogen (secondary N) is 2. The molecule has 1 unspecified atom stereocenters. The van der Waals surface area contributed by atoms with Crippen molar-refractivity contribution >= 4 is 23.6 Å². The van der Waals surface area contributed by atoms with E-state index in [2.05, 4.69) is 10.6 Å². The Bertz CT molecular complexity index is 504. The highest BCUT2D eigenvalue weighted by Gasteiger charge is 2.17. The molecule has 0 fully saturated rings. The van der Waals surface area contributed by atoms with Crippen LogP contribution in [0.2, 0.25) is 0 Å². The molecule has 0 saturated heterocycles. The Labute approximate surface area is 122 Å². The standard InChI is InChI=1S/C14H19N3O4/c1-10(13(19)20)9-17(2)12(18)8-15-14(21)16-11-6-4-3-5-7-11/h3-7,10H,8-9H2,1-2H3,(H,19,20)(H2,15,16,21). The summed E-state index contributed by atoms with van der Waals surface area (Å²) < 4.78 is 0. The molecular weight excluding hydrogens is 274 g/mol. The SMILES string of the molecule is CC(CN(C)C(=O)CNC(=O)Nc1ccccc1)C(=O)O. The molecule has 1 atom stereocenters. The quantitative estimate of drug-likeness (QED) is 0.728. The second-order valence-electron chi connectivity index (χ2n) is 4.69. The Balaban J connectivity index is 2.35. The van der Waals surface area contributed by atoms with Crippen LogP contribution in [0.25, 0.3) is 0 Å². The number of anilines is 1. The first-order valence-electron chi connectivity index (χ1n) is 6.47. The van der Waals surface area contributed by atoms with Gasteiger partial charge < -0.3 is 20.6 Å². The number of likely N-dealkylation sites (N-methyl/N-ethyl adjacent to an activating group) is 1. The maximum absolute atomic E-state index is 11.7. The van der Waals surface area contributed by atoms with Crippen LogP contribution in [0.15, 0.2) is 30.3 Å². The highest BCUT2D eigenvalue weighted by Crippen LogP contribution is 2.04. The van der Waals surface area contributed by atoms with E-state index in [1.54, 1.807) is 24.3 Å². The minimum Gasteiger partial charge on any atom is -0.481 e. The summed E-state index contributed by atoms with van der Waals surface area (Å²) in [7, 11) is 1.50. The van der Waals surface area contributed by atoms with E-state index >= 15 is 0 Å². The predicted octanol–water partition coefficient (Wildman–Crippen LogP) is 0.987. The average molecular weight is 293 g/mol. The first-order valence-corrected chi connectivity index (χ1v) is 6.47. The molecular formula is C14H19N3O4. The maximum Gasteiger partial charge on any atom is 0.319 e. The number of hydrogen-bond acceptors (Lipinski definition) is 3. The van der Waals surface area contributed by atoms with E-state index in [0.717, 1.165) is 0 Å². The van der Waals surface area contributed by atoms with Crippen LogP contribution in [0.1, 0.15) is 6.92 Å². The molecule has 0 radical (unpaired) electrons. The minimum atomic E-state index is -0.968. The van der Waals surface area contributed by atoms with Crippen molar-refractivity contribution in [3.63, 3.8) is 0 Å². The fourth-order valence-electron chi connectivity index (χ4n) is 1.58. The van der Waals surface area contributed by atoms with Gasteiger partial charge in [0.25, 0.3) is 0 Å². The largest absolute Gasteiger partial charge is 0.481 e. The summed E-state index contributed by atoms with van der Waals surface area (Å²) >= 11 is 0. The Morgan fingerprint density at radius 3 is 2.43 bits per heavy atom. The van der Waals surface area contributed by atoms with Gasteiger partial charge >= 0.3 is 12.0 Å². The number of carboxylic acids is 1. The third-order valence-corrected chi connectivity index (χ3v) is 2.83. The number of benzene rings is 1. The third-order valence-electron chi connectivity index (χ3n) is 2.83. The molecule has 0 heterocycles. The average Bonchev–Trinajstić information content (AvgIpc) is 2.45. The lowest BCUT2D eigenvalue weighted by molar-refractivity contribution is -0.142. The summed E-state index contributed by atoms with van der Waals surface area (Å²) in [4.78, 5) is 35.3. The van der Waals surface area contributed by atoms with Gasteiger partial charge in [0.2, 0.25) is 5.91 Å². The topological polar surface area (TPSA) is 98.7 Å². The van der Waals surface area contributed by atoms with Crippen molar-refractivity contribution in [1.29, 1.82) is 0 Å². The second-order valence-corrected chi connectivity index (χ2v) is 4.69. The lowest BCUT2D eigenvalue weighted by atomic mass is 10.2. The monoisotopic (exact) mass is 293 g/mol. The van der Waals surface area contributed by atoms with E-state index in [4.69, 9.17) is 5.11 Å². The van der Waals surface area contributed by atoms with Gasteiger partial charge in [0.15, 0.2) is 0 Å². The zero-order valence-corrected chi connectivity index (χ0v) is 12.0. The van der Waals surface area contributed by atoms with Gasteiger partial charge in [0.1, 0.15) is 0 Å². The Morgan fingerprint density at radius 2 is 1.86 bits per heavy atom. The summed E-state index contributed by atoms with van der Waals surface area (Å²) in [6, 6.07) is 8.34. The Morgan fingerprint density at radius 1 is 1.24 bits per heavy atom. The maximum atomic E-state index is 11.7. The van der Waals surface area contributed by atoms with E-state index in [-0.39, 0.29) is 19.0 Å². The second kappa shape index (κ2) is 7.88. The van der Waals surface area contributed by atoms with Gasteiger partial charge in [-0.05, 0) is 12.1 Å². The number of urea groups is 1. The number of carboxylic acid groups (broad SMARTS) is 1. The van der Waals surface area contributed by atoms with Crippen LogP contribution >= 0.6 is 0 Å². The first-order chi connectivity index (χ1) is 9.90. The van der Waals surface area contributed by atoms with Gasteiger partial charge in [0.05, 0.1) is 12.5 Å². The van der Waals surface area contributed by atoms with Gasteiger partial charge in [-0.3, -0.25) is 9.59 Å². The number of nitrogens with zero attached hydrogens (tertiary/aromatic N) is 1. The zero-order valence-electron chi connectivity index (χ0n) is 12.0. The number of amides is 3. The number of para-hydroxylation sites is 1. The molecule has 7 heteroatoms. The number of rotatable bonds is 6. The van der Waals surface area contributed by atoms with Crippen LogP contribution < -0.4 is 10.6 Å². The van der Waals surface area contributed by atoms with Crippen LogP contribution in [-0.2, 0) is 9.59 Å². The van der Waals surface area contributed by atoms with Crippen LogP contribution in [0.3, 0.4) is 0 Å². The highest BCUT2D eigenvalue weighted by molar-refractivity contribution is 5.92. The fourth-order valence-corrected chi connectivity index (χ4v) is 1.58. The van der Waals surface area contributed by atoms with Gasteiger partial charge in [-0.25, -0.2) is 4.79 Å². The lowest BCUT2D eigenvalue weighted by Gasteiger charge is -2.19. The van der Waals surface area contributed by atoms with Gasteiger partial charge in [-0.1, -0.05) is 25.1 Å². The van der Waals surface area contributed by atoms with Gasteiger partial charge in [-0.15, -0.1) is 0 Å². The van der Waals surface area contributed by atoms with Gasteiger partial charge in [-0.2, -0.15) is 0 Å². The predicted molar refractivity (Wildman–Crippen MR) is 77.9 cm³/mol. The lowest BCUT2D eigenvalue weighted by Crippen LogP contribution is -2.42. The molecule has 0 aliphatic rings. The molecule has 0 bridgehead atoms. The molecule has 21 heavy (non-hydrogen) atoms. The number of carbonyl (C=O) groups excluding carboxylic acids is 2. The van der Waals surface area contributed by atoms with E-state index in [0.29, 0.717) is 5.69 Å². The summed E-state index contributed by atoms with van der Waals surface area (Å²) in [6.07, 6.45) is 0. The smallest absolute Gasteiger partial charge is 0.319 e. The molecule has 0 spiro atoms. The minimum absolute atomic E-state index is 0.0934. The Hall–Kier alpha value is -2.57. The van der Waals surface area contributed by atoms with E-state index in [9.17, 15) is 14.4 Å². The first kappa shape index (κ1) is 16.5. The molecule has 0 aromatic heterocycles. The van der Waals surface area contributed by atoms with Crippen molar-refractivity contribution in [1.82, 2.24) is 10.2 Å². The molecule has 3 N–H and O–H groups in total. The van der Waals surface area contributed by atoms with E-state index in [1.807, 2.05) is 6.07 Å². The van der Waals surface area contributed by atoms with E-state index in [1.165, 1.54) is 18.9 Å². The van der Waals surface area contributed by atoms with Crippen LogP contribution in [0, 0.1) is 5.92 Å². The molecule has 0 aliphatic heterocycles. The summed E-state index contributed by atoms with van der Waals surface area (Å²) in [6.45, 7) is 1.42. The van der Waals surface area contributed by atoms with E-state index < -0.39 is 17.9 Å². The molecule has 3 amide bonds. The van der Waals surface area contributed by atoms with Crippen LogP contribution in [0.5, 0.6) is 0 Å². The molecule has 0 saturated carbocycles. The van der Waals surface area contributed by atoms with Crippen LogP contribution in [0.4, 0.5) is 10.5 Å². The highest BCUT2D eigenvalue weighted by atomic mass is 16.4. The van der Waals surface area contributed by atoms with Crippen molar-refractivity contribution in [3.8, 4) is 0 Å². The molecule has 0 aliphatic carbocycles. The number of aliphatic carboxylic acids is 1. The Kier molecular flexibility index (Phi) is 6.19. The number of carbonyl (C=O) groups is 3. The van der Waals surface area contributed by atoms with Crippen molar-refractivity contribution < 1.29 is 19.5 Å². The fraction of sp³-hybridized carbons (Fsp3) is 0.357. The molecule has 114 valence electrons.